The van der Waals surface area contributed by atoms with E-state index in [1.54, 1.807) is 0 Å². The first-order valence-corrected chi connectivity index (χ1v) is 13.3. The zero-order chi connectivity index (χ0) is 23.9. The summed E-state index contributed by atoms with van der Waals surface area (Å²) >= 11 is 1.90. The number of hydrogen-bond donors (Lipinski definition) is 3. The molecule has 4 atom stereocenters. The SMILES string of the molecule is CC(C)NC[C@@H](COc1cccc2ccccc12)OC(=O)CCCC[C@@H]1SC[C@@H]2NC(=O)N[C@@H]21. The van der Waals surface area contributed by atoms with Crippen LogP contribution in [0.25, 0.3) is 10.8 Å². The molecule has 184 valence electrons. The van der Waals surface area contributed by atoms with Gasteiger partial charge in [-0.3, -0.25) is 4.79 Å². The van der Waals surface area contributed by atoms with Gasteiger partial charge in [0.1, 0.15) is 18.5 Å². The quantitative estimate of drug-likeness (QED) is 0.240. The number of fused-ring (bicyclic) bond motifs is 2. The predicted octanol–water partition coefficient (Wildman–Crippen LogP) is 3.85. The Morgan fingerprint density at radius 1 is 1.15 bits per heavy atom. The van der Waals surface area contributed by atoms with E-state index in [2.05, 4.69) is 41.9 Å². The molecule has 0 radical (unpaired) electrons. The molecule has 0 aromatic heterocycles. The van der Waals surface area contributed by atoms with Gasteiger partial charge in [-0.1, -0.05) is 56.7 Å². The maximum Gasteiger partial charge on any atom is 0.315 e. The summed E-state index contributed by atoms with van der Waals surface area (Å²) in [7, 11) is 0. The van der Waals surface area contributed by atoms with Crippen molar-refractivity contribution in [2.45, 2.75) is 69.0 Å². The second-order valence-corrected chi connectivity index (χ2v) is 10.6. The Morgan fingerprint density at radius 3 is 2.82 bits per heavy atom. The van der Waals surface area contributed by atoms with Crippen LogP contribution in [0.1, 0.15) is 39.5 Å². The molecule has 3 N–H and O–H groups in total. The lowest BCUT2D eigenvalue weighted by Gasteiger charge is -2.21. The minimum absolute atomic E-state index is 0.0596. The summed E-state index contributed by atoms with van der Waals surface area (Å²) in [4.78, 5) is 24.1. The first-order chi connectivity index (χ1) is 16.5. The van der Waals surface area contributed by atoms with Crippen molar-refractivity contribution >= 4 is 34.5 Å². The second kappa shape index (κ2) is 11.8. The molecule has 0 bridgehead atoms. The maximum atomic E-state index is 12.6. The standard InChI is InChI=1S/C26H35N3O4S/c1-17(2)27-14-19(15-32-22-11-7-9-18-8-3-4-10-20(18)22)33-24(30)13-6-5-12-23-25-21(16-34-23)28-26(31)29-25/h3-4,7-11,17,19,21,23,25,27H,5-6,12-16H2,1-2H3,(H2,28,29,31)/t19-,21-,23-,25-/m0/s1. The first kappa shape index (κ1) is 24.7. The van der Waals surface area contributed by atoms with Crippen molar-refractivity contribution in [2.24, 2.45) is 0 Å². The second-order valence-electron chi connectivity index (χ2n) is 9.33. The summed E-state index contributed by atoms with van der Waals surface area (Å²) in [6.45, 7) is 4.98. The maximum absolute atomic E-state index is 12.6. The van der Waals surface area contributed by atoms with Crippen molar-refractivity contribution in [3.05, 3.63) is 42.5 Å². The van der Waals surface area contributed by atoms with Gasteiger partial charge in [0.05, 0.1) is 12.1 Å². The zero-order valence-corrected chi connectivity index (χ0v) is 20.7. The Morgan fingerprint density at radius 2 is 1.97 bits per heavy atom. The molecule has 2 aromatic carbocycles. The van der Waals surface area contributed by atoms with Crippen molar-refractivity contribution in [1.29, 1.82) is 0 Å². The van der Waals surface area contributed by atoms with Crippen LogP contribution < -0.4 is 20.7 Å². The normalized spacial score (nSPS) is 22.3. The lowest BCUT2D eigenvalue weighted by molar-refractivity contribution is -0.150. The summed E-state index contributed by atoms with van der Waals surface area (Å²) in [5.74, 6) is 1.56. The van der Waals surface area contributed by atoms with Gasteiger partial charge in [0.15, 0.2) is 0 Å². The predicted molar refractivity (Wildman–Crippen MR) is 136 cm³/mol. The Balaban J connectivity index is 1.23. The highest BCUT2D eigenvalue weighted by Gasteiger charge is 2.42. The van der Waals surface area contributed by atoms with Crippen molar-refractivity contribution < 1.29 is 19.1 Å². The van der Waals surface area contributed by atoms with E-state index < -0.39 is 0 Å². The molecule has 2 aliphatic heterocycles. The van der Waals surface area contributed by atoms with Gasteiger partial charge in [-0.25, -0.2) is 4.79 Å². The van der Waals surface area contributed by atoms with Crippen LogP contribution in [0.5, 0.6) is 5.75 Å². The van der Waals surface area contributed by atoms with Crippen LogP contribution in [-0.2, 0) is 9.53 Å². The molecule has 0 unspecified atom stereocenters. The molecule has 2 heterocycles. The van der Waals surface area contributed by atoms with E-state index in [1.807, 2.05) is 42.1 Å². The van der Waals surface area contributed by atoms with E-state index in [0.717, 1.165) is 41.5 Å². The van der Waals surface area contributed by atoms with Crippen molar-refractivity contribution in [2.75, 3.05) is 18.9 Å². The third kappa shape index (κ3) is 6.57. The Kier molecular flexibility index (Phi) is 8.56. The van der Waals surface area contributed by atoms with E-state index in [4.69, 9.17) is 9.47 Å². The topological polar surface area (TPSA) is 88.7 Å². The highest BCUT2D eigenvalue weighted by molar-refractivity contribution is 8.00. The molecule has 2 aromatic rings. The first-order valence-electron chi connectivity index (χ1n) is 12.2. The molecule has 0 saturated carbocycles. The van der Waals surface area contributed by atoms with Gasteiger partial charge < -0.3 is 25.4 Å². The van der Waals surface area contributed by atoms with Gasteiger partial charge in [-0.2, -0.15) is 11.8 Å². The Bertz CT molecular complexity index is 980. The molecule has 2 saturated heterocycles. The number of urea groups is 1. The number of unbranched alkanes of at least 4 members (excludes halogenated alkanes) is 1. The van der Waals surface area contributed by atoms with Gasteiger partial charge in [0.25, 0.3) is 0 Å². The third-order valence-corrected chi connectivity index (χ3v) is 7.79. The number of thioether (sulfide) groups is 1. The van der Waals surface area contributed by atoms with Crippen molar-refractivity contribution in [3.63, 3.8) is 0 Å². The van der Waals surface area contributed by atoms with E-state index in [0.29, 0.717) is 24.8 Å². The van der Waals surface area contributed by atoms with Gasteiger partial charge in [-0.15, -0.1) is 0 Å². The van der Waals surface area contributed by atoms with Crippen LogP contribution >= 0.6 is 11.8 Å². The summed E-state index contributed by atoms with van der Waals surface area (Å²) in [5, 5.41) is 11.9. The zero-order valence-electron chi connectivity index (χ0n) is 19.9. The largest absolute Gasteiger partial charge is 0.489 e. The molecule has 2 amide bonds. The van der Waals surface area contributed by atoms with E-state index in [1.165, 1.54) is 0 Å². The molecule has 0 spiro atoms. The smallest absolute Gasteiger partial charge is 0.315 e. The molecular weight excluding hydrogens is 450 g/mol. The van der Waals surface area contributed by atoms with Crippen molar-refractivity contribution in [1.82, 2.24) is 16.0 Å². The van der Waals surface area contributed by atoms with Crippen LogP contribution in [0.2, 0.25) is 0 Å². The van der Waals surface area contributed by atoms with Gasteiger partial charge >= 0.3 is 12.0 Å². The van der Waals surface area contributed by atoms with Crippen molar-refractivity contribution in [3.8, 4) is 5.75 Å². The fourth-order valence-corrected chi connectivity index (χ4v) is 6.05. The van der Waals surface area contributed by atoms with Gasteiger partial charge in [0, 0.05) is 35.4 Å². The third-order valence-electron chi connectivity index (χ3n) is 6.28. The van der Waals surface area contributed by atoms with Gasteiger partial charge in [0.2, 0.25) is 0 Å². The number of carbonyl (C=O) groups is 2. The fraction of sp³-hybridized carbons (Fsp3) is 0.538. The minimum Gasteiger partial charge on any atom is -0.489 e. The Labute approximate surface area is 205 Å². The van der Waals surface area contributed by atoms with Crippen LogP contribution in [-0.4, -0.2) is 60.4 Å². The van der Waals surface area contributed by atoms with Crippen LogP contribution in [0.3, 0.4) is 0 Å². The summed E-state index contributed by atoms with van der Waals surface area (Å²) < 4.78 is 11.9. The molecule has 34 heavy (non-hydrogen) atoms. The van der Waals surface area contributed by atoms with Crippen LogP contribution in [0, 0.1) is 0 Å². The number of rotatable bonds is 12. The molecule has 2 fully saturated rings. The number of hydrogen-bond acceptors (Lipinski definition) is 6. The minimum atomic E-state index is -0.361. The summed E-state index contributed by atoms with van der Waals surface area (Å²) in [6, 6.07) is 14.8. The number of ether oxygens (including phenoxy) is 2. The number of carbonyl (C=O) groups excluding carboxylic acids is 2. The Hall–Kier alpha value is -2.45. The molecule has 8 heteroatoms. The molecule has 2 aliphatic rings. The number of amides is 2. The monoisotopic (exact) mass is 485 g/mol. The van der Waals surface area contributed by atoms with E-state index in [-0.39, 0.29) is 36.2 Å². The summed E-state index contributed by atoms with van der Waals surface area (Å²) in [5.41, 5.74) is 0. The van der Waals surface area contributed by atoms with E-state index in [9.17, 15) is 9.59 Å². The fourth-order valence-electron chi connectivity index (χ4n) is 4.51. The number of benzene rings is 2. The van der Waals surface area contributed by atoms with Crippen LogP contribution in [0.15, 0.2) is 42.5 Å². The molecular formula is C26H35N3O4S. The lowest BCUT2D eigenvalue weighted by atomic mass is 10.0. The van der Waals surface area contributed by atoms with E-state index >= 15 is 0 Å². The average Bonchev–Trinajstić information content (AvgIpc) is 3.37. The number of nitrogens with one attached hydrogen (secondary N) is 3. The summed E-state index contributed by atoms with van der Waals surface area (Å²) in [6.07, 6.45) is 2.74. The van der Waals surface area contributed by atoms with Crippen LogP contribution in [0.4, 0.5) is 4.79 Å². The lowest BCUT2D eigenvalue weighted by Crippen LogP contribution is -2.38. The molecule has 7 nitrogen and oxygen atoms in total. The molecule has 0 aliphatic carbocycles. The average molecular weight is 486 g/mol. The highest BCUT2D eigenvalue weighted by atomic mass is 32.2. The molecule has 4 rings (SSSR count). The highest BCUT2D eigenvalue weighted by Crippen LogP contribution is 2.33. The number of esters is 1. The van der Waals surface area contributed by atoms with Gasteiger partial charge in [-0.05, 0) is 24.3 Å².